The Balaban J connectivity index is 1.66. The van der Waals surface area contributed by atoms with Crippen molar-refractivity contribution in [1.29, 1.82) is 0 Å². The molecule has 13 nitrogen and oxygen atoms in total. The Bertz CT molecular complexity index is 1620. The minimum atomic E-state index is -1.04. The second-order valence-electron chi connectivity index (χ2n) is 8.38. The number of non-ortho nitro benzene ring substituents is 1. The van der Waals surface area contributed by atoms with Crippen molar-refractivity contribution in [2.75, 3.05) is 12.0 Å². The molecule has 0 aliphatic carbocycles. The van der Waals surface area contributed by atoms with Gasteiger partial charge in [0.05, 0.1) is 17.7 Å². The second kappa shape index (κ2) is 10.5. The zero-order valence-electron chi connectivity index (χ0n) is 20.4. The van der Waals surface area contributed by atoms with E-state index in [0.717, 1.165) is 10.1 Å². The smallest absolute Gasteiger partial charge is 0.332 e. The van der Waals surface area contributed by atoms with Gasteiger partial charge >= 0.3 is 5.69 Å². The summed E-state index contributed by atoms with van der Waals surface area (Å²) in [7, 11) is 2.84. The number of hydrogen-bond donors (Lipinski definition) is 2. The molecular formula is C24H25N7O6. The zero-order chi connectivity index (χ0) is 26.7. The Kier molecular flexibility index (Phi) is 7.15. The van der Waals surface area contributed by atoms with Gasteiger partial charge in [-0.15, -0.1) is 0 Å². The number of aliphatic hydroxyl groups is 1. The predicted octanol–water partition coefficient (Wildman–Crippen LogP) is 1.54. The quantitative estimate of drug-likeness (QED) is 0.196. The van der Waals surface area contributed by atoms with Crippen LogP contribution in [0.15, 0.2) is 63.2 Å². The van der Waals surface area contributed by atoms with Gasteiger partial charge in [-0.2, -0.15) is 10.1 Å². The first-order valence-electron chi connectivity index (χ1n) is 11.2. The number of para-hydroxylation sites is 1. The van der Waals surface area contributed by atoms with Crippen LogP contribution in [0.2, 0.25) is 0 Å². The van der Waals surface area contributed by atoms with E-state index in [1.54, 1.807) is 12.1 Å². The third kappa shape index (κ3) is 5.26. The van der Waals surface area contributed by atoms with Gasteiger partial charge in [0.15, 0.2) is 11.2 Å². The molecule has 4 rings (SSSR count). The van der Waals surface area contributed by atoms with Crippen molar-refractivity contribution in [1.82, 2.24) is 18.7 Å². The van der Waals surface area contributed by atoms with Crippen molar-refractivity contribution in [3.8, 4) is 5.75 Å². The summed E-state index contributed by atoms with van der Waals surface area (Å²) in [5.41, 5.74) is 3.04. The summed E-state index contributed by atoms with van der Waals surface area (Å²) < 4.78 is 9.33. The average molecular weight is 508 g/mol. The van der Waals surface area contributed by atoms with E-state index in [0.29, 0.717) is 11.3 Å². The van der Waals surface area contributed by atoms with Gasteiger partial charge in [-0.05, 0) is 18.6 Å². The highest BCUT2D eigenvalue weighted by Crippen LogP contribution is 2.19. The fraction of sp³-hybridized carbons (Fsp3) is 0.250. The Labute approximate surface area is 210 Å². The maximum atomic E-state index is 13.0. The highest BCUT2D eigenvalue weighted by Gasteiger charge is 2.21. The topological polar surface area (TPSA) is 159 Å². The molecule has 2 N–H and O–H groups in total. The SMILES string of the molecule is Cc1ccccc1OC[C@@H](O)Cn1c(N/N=C\c2cccc([N+](=O)[O-])c2)nc2c1c(=O)n(C)c(=O)n2C. The molecule has 37 heavy (non-hydrogen) atoms. The lowest BCUT2D eigenvalue weighted by Gasteiger charge is -2.16. The highest BCUT2D eigenvalue weighted by atomic mass is 16.6. The van der Waals surface area contributed by atoms with Gasteiger partial charge in [0, 0.05) is 31.8 Å². The van der Waals surface area contributed by atoms with E-state index in [4.69, 9.17) is 4.74 Å². The van der Waals surface area contributed by atoms with E-state index in [2.05, 4.69) is 15.5 Å². The number of imidazole rings is 1. The van der Waals surface area contributed by atoms with E-state index in [-0.39, 0.29) is 36.0 Å². The summed E-state index contributed by atoms with van der Waals surface area (Å²) in [6.45, 7) is 1.73. The van der Waals surface area contributed by atoms with Gasteiger partial charge in [-0.3, -0.25) is 24.0 Å². The minimum absolute atomic E-state index is 0.0625. The number of nitrogens with zero attached hydrogens (tertiary/aromatic N) is 6. The molecule has 4 aromatic rings. The summed E-state index contributed by atoms with van der Waals surface area (Å²) in [5, 5.41) is 25.9. The molecule has 0 amide bonds. The molecule has 192 valence electrons. The number of rotatable bonds is 9. The third-order valence-electron chi connectivity index (χ3n) is 5.73. The molecule has 0 aliphatic rings. The Hall–Kier alpha value is -4.78. The van der Waals surface area contributed by atoms with Crippen molar-refractivity contribution in [3.05, 3.63) is 90.6 Å². The lowest BCUT2D eigenvalue weighted by atomic mass is 10.2. The van der Waals surface area contributed by atoms with E-state index in [1.807, 2.05) is 25.1 Å². The summed E-state index contributed by atoms with van der Waals surface area (Å²) >= 11 is 0. The number of fused-ring (bicyclic) bond motifs is 1. The Morgan fingerprint density at radius 3 is 2.68 bits per heavy atom. The molecule has 0 saturated heterocycles. The molecule has 2 heterocycles. The van der Waals surface area contributed by atoms with Crippen molar-refractivity contribution >= 4 is 29.0 Å². The normalized spacial score (nSPS) is 12.2. The number of benzene rings is 2. The number of nitrogens with one attached hydrogen (secondary N) is 1. The van der Waals surface area contributed by atoms with Crippen molar-refractivity contribution in [2.24, 2.45) is 19.2 Å². The summed E-state index contributed by atoms with van der Waals surface area (Å²) in [4.78, 5) is 40.3. The molecule has 0 saturated carbocycles. The summed E-state index contributed by atoms with van der Waals surface area (Å²) in [5.74, 6) is 0.708. The average Bonchev–Trinajstić information content (AvgIpc) is 3.24. The molecule has 1 atom stereocenters. The van der Waals surface area contributed by atoms with Crippen LogP contribution in [-0.4, -0.2) is 47.6 Å². The predicted molar refractivity (Wildman–Crippen MR) is 137 cm³/mol. The monoisotopic (exact) mass is 507 g/mol. The fourth-order valence-corrected chi connectivity index (χ4v) is 3.76. The van der Waals surface area contributed by atoms with Crippen LogP contribution in [0, 0.1) is 17.0 Å². The number of aryl methyl sites for hydroxylation is 2. The molecule has 13 heteroatoms. The number of nitro benzene ring substituents is 1. The first kappa shape index (κ1) is 25.3. The largest absolute Gasteiger partial charge is 0.491 e. The van der Waals surface area contributed by atoms with Crippen LogP contribution in [0.1, 0.15) is 11.1 Å². The molecule has 2 aromatic carbocycles. The van der Waals surface area contributed by atoms with Crippen LogP contribution in [0.5, 0.6) is 5.75 Å². The molecule has 0 aliphatic heterocycles. The maximum absolute atomic E-state index is 13.0. The van der Waals surface area contributed by atoms with Crippen LogP contribution in [0.4, 0.5) is 11.6 Å². The number of aliphatic hydroxyl groups excluding tert-OH is 1. The van der Waals surface area contributed by atoms with Crippen LogP contribution < -0.4 is 21.4 Å². The maximum Gasteiger partial charge on any atom is 0.332 e. The van der Waals surface area contributed by atoms with Crippen molar-refractivity contribution < 1.29 is 14.8 Å². The lowest BCUT2D eigenvalue weighted by Crippen LogP contribution is -2.38. The molecule has 2 aromatic heterocycles. The molecular weight excluding hydrogens is 482 g/mol. The summed E-state index contributed by atoms with van der Waals surface area (Å²) in [6.07, 6.45) is 0.311. The van der Waals surface area contributed by atoms with Crippen LogP contribution >= 0.6 is 0 Å². The van der Waals surface area contributed by atoms with Gasteiger partial charge in [-0.1, -0.05) is 30.3 Å². The Morgan fingerprint density at radius 1 is 1.19 bits per heavy atom. The summed E-state index contributed by atoms with van der Waals surface area (Å²) in [6, 6.07) is 13.2. The first-order chi connectivity index (χ1) is 17.7. The molecule has 0 fully saturated rings. The molecule has 0 bridgehead atoms. The van der Waals surface area contributed by atoms with E-state index < -0.39 is 22.3 Å². The standard InChI is InChI=1S/C24H25N7O6/c1-15-7-4-5-10-19(15)37-14-18(32)13-30-20-21(28(2)24(34)29(3)22(20)33)26-23(30)27-25-12-16-8-6-9-17(11-16)31(35)36/h4-12,18,32H,13-14H2,1-3H3,(H,26,27)/b25-12-/t18-/m0/s1. The zero-order valence-corrected chi connectivity index (χ0v) is 20.4. The van der Waals surface area contributed by atoms with Gasteiger partial charge in [-0.25, -0.2) is 10.2 Å². The minimum Gasteiger partial charge on any atom is -0.491 e. The Morgan fingerprint density at radius 2 is 1.95 bits per heavy atom. The van der Waals surface area contributed by atoms with Gasteiger partial charge < -0.3 is 14.4 Å². The molecule has 0 radical (unpaired) electrons. The first-order valence-corrected chi connectivity index (χ1v) is 11.2. The fourth-order valence-electron chi connectivity index (χ4n) is 3.76. The van der Waals surface area contributed by atoms with Gasteiger partial charge in [0.25, 0.3) is 11.2 Å². The van der Waals surface area contributed by atoms with Crippen LogP contribution in [0.25, 0.3) is 11.2 Å². The number of anilines is 1. The van der Waals surface area contributed by atoms with E-state index >= 15 is 0 Å². The van der Waals surface area contributed by atoms with E-state index in [1.165, 1.54) is 47.6 Å². The van der Waals surface area contributed by atoms with E-state index in [9.17, 15) is 24.8 Å². The van der Waals surface area contributed by atoms with Gasteiger partial charge in [0.1, 0.15) is 18.5 Å². The number of hydrogen-bond acceptors (Lipinski definition) is 9. The number of hydrazone groups is 1. The van der Waals surface area contributed by atoms with Crippen LogP contribution in [0.3, 0.4) is 0 Å². The molecule has 0 spiro atoms. The van der Waals surface area contributed by atoms with Crippen LogP contribution in [-0.2, 0) is 20.6 Å². The van der Waals surface area contributed by atoms with Crippen molar-refractivity contribution in [2.45, 2.75) is 19.6 Å². The second-order valence-corrected chi connectivity index (χ2v) is 8.38. The van der Waals surface area contributed by atoms with Crippen molar-refractivity contribution in [3.63, 3.8) is 0 Å². The lowest BCUT2D eigenvalue weighted by molar-refractivity contribution is -0.384. The van der Waals surface area contributed by atoms with Gasteiger partial charge in [0.2, 0.25) is 5.95 Å². The third-order valence-corrected chi connectivity index (χ3v) is 5.73. The highest BCUT2D eigenvalue weighted by molar-refractivity contribution is 5.81. The number of aromatic nitrogens is 4. The number of nitro groups is 1. The number of ether oxygens (including phenoxy) is 1. The molecule has 0 unspecified atom stereocenters.